The van der Waals surface area contributed by atoms with Gasteiger partial charge in [0.05, 0.1) is 9.52 Å². The van der Waals surface area contributed by atoms with Crippen molar-refractivity contribution >= 4 is 9.52 Å². The van der Waals surface area contributed by atoms with Crippen LogP contribution in [0, 0.1) is 6.92 Å². The maximum Gasteiger partial charge on any atom is 0.0778 e. The maximum atomic E-state index is 5.77. The molecule has 0 spiro atoms. The Morgan fingerprint density at radius 3 is 2.94 bits per heavy atom. The van der Waals surface area contributed by atoms with E-state index in [2.05, 4.69) is 31.2 Å². The summed E-state index contributed by atoms with van der Waals surface area (Å²) >= 11 is 0. The molecule has 1 heterocycles. The molecule has 1 aromatic carbocycles. The first-order valence-corrected chi connectivity index (χ1v) is 8.04. The van der Waals surface area contributed by atoms with Crippen molar-refractivity contribution in [3.8, 4) is 0 Å². The number of rotatable bonds is 5. The molecule has 2 radical (unpaired) electrons. The quantitative estimate of drug-likeness (QED) is 0.570. The Morgan fingerprint density at radius 2 is 2.18 bits per heavy atom. The first-order chi connectivity index (χ1) is 8.36. The fraction of sp³-hybridized carbons (Fsp3) is 0.600. The molecule has 1 atom stereocenters. The van der Waals surface area contributed by atoms with E-state index in [0.29, 0.717) is 5.73 Å². The first-order valence-electron chi connectivity index (χ1n) is 6.76. The van der Waals surface area contributed by atoms with Gasteiger partial charge in [-0.25, -0.2) is 0 Å². The van der Waals surface area contributed by atoms with E-state index in [9.17, 15) is 0 Å². The molecule has 1 unspecified atom stereocenters. The van der Waals surface area contributed by atoms with Crippen LogP contribution < -0.4 is 0 Å². The van der Waals surface area contributed by atoms with Gasteiger partial charge in [0, 0.05) is 12.3 Å². The molecule has 17 heavy (non-hydrogen) atoms. The lowest BCUT2D eigenvalue weighted by Gasteiger charge is -2.21. The molecule has 0 aliphatic carbocycles. The van der Waals surface area contributed by atoms with Crippen LogP contribution in [0.25, 0.3) is 0 Å². The predicted molar refractivity (Wildman–Crippen MR) is 73.7 cm³/mol. The van der Waals surface area contributed by atoms with Crippen LogP contribution >= 0.6 is 0 Å². The van der Waals surface area contributed by atoms with Crippen LogP contribution in [-0.4, -0.2) is 21.9 Å². The first kappa shape index (κ1) is 12.8. The zero-order chi connectivity index (χ0) is 11.9. The Balaban J connectivity index is 1.64. The van der Waals surface area contributed by atoms with Crippen LogP contribution in [-0.2, 0) is 11.2 Å². The van der Waals surface area contributed by atoms with Crippen molar-refractivity contribution in [2.45, 2.75) is 50.8 Å². The highest BCUT2D eigenvalue weighted by molar-refractivity contribution is 6.37. The molecule has 0 amide bonds. The van der Waals surface area contributed by atoms with Crippen molar-refractivity contribution < 1.29 is 4.74 Å². The number of ether oxygens (including phenoxy) is 1. The van der Waals surface area contributed by atoms with E-state index in [4.69, 9.17) is 4.74 Å². The molecule has 0 N–H and O–H groups in total. The Bertz CT molecular complexity index is 331. The molecule has 92 valence electrons. The maximum absolute atomic E-state index is 5.77. The third kappa shape index (κ3) is 4.28. The summed E-state index contributed by atoms with van der Waals surface area (Å²) in [5.41, 5.74) is 3.53. The molecule has 1 aromatic rings. The van der Waals surface area contributed by atoms with Gasteiger partial charge in [-0.15, -0.1) is 0 Å². The van der Waals surface area contributed by atoms with Crippen molar-refractivity contribution in [1.82, 2.24) is 0 Å². The molecule has 1 aliphatic heterocycles. The molecule has 1 nitrogen and oxygen atoms in total. The normalized spacial score (nSPS) is 20.4. The van der Waals surface area contributed by atoms with Crippen LogP contribution in [0.2, 0.25) is 6.04 Å². The minimum atomic E-state index is 0.584. The Morgan fingerprint density at radius 1 is 1.29 bits per heavy atom. The SMILES string of the molecule is Cc1ccccc1CCC[Si]C1CCCCO1. The highest BCUT2D eigenvalue weighted by Crippen LogP contribution is 2.15. The van der Waals surface area contributed by atoms with Crippen molar-refractivity contribution in [2.75, 3.05) is 6.61 Å². The molecule has 2 rings (SSSR count). The van der Waals surface area contributed by atoms with E-state index < -0.39 is 0 Å². The molecule has 0 bridgehead atoms. The fourth-order valence-corrected chi connectivity index (χ4v) is 3.68. The monoisotopic (exact) mass is 246 g/mol. The second-order valence-electron chi connectivity index (χ2n) is 4.84. The van der Waals surface area contributed by atoms with Gasteiger partial charge in [0.15, 0.2) is 0 Å². The third-order valence-corrected chi connectivity index (χ3v) is 4.99. The van der Waals surface area contributed by atoms with Crippen molar-refractivity contribution in [1.29, 1.82) is 0 Å². The molecule has 1 aliphatic rings. The summed E-state index contributed by atoms with van der Waals surface area (Å²) in [5.74, 6) is 0. The van der Waals surface area contributed by atoms with Crippen LogP contribution in [0.5, 0.6) is 0 Å². The average molecular weight is 246 g/mol. The summed E-state index contributed by atoms with van der Waals surface area (Å²) in [7, 11) is 1.01. The van der Waals surface area contributed by atoms with Gasteiger partial charge in [-0.05, 0) is 43.7 Å². The van der Waals surface area contributed by atoms with Gasteiger partial charge in [-0.1, -0.05) is 36.7 Å². The Kier molecular flexibility index (Phi) is 5.27. The highest BCUT2D eigenvalue weighted by atomic mass is 28.2. The van der Waals surface area contributed by atoms with Crippen molar-refractivity contribution in [2.24, 2.45) is 0 Å². The minimum absolute atomic E-state index is 0.584. The van der Waals surface area contributed by atoms with Gasteiger partial charge < -0.3 is 4.74 Å². The van der Waals surface area contributed by atoms with Gasteiger partial charge in [0.25, 0.3) is 0 Å². The zero-order valence-corrected chi connectivity index (χ0v) is 11.7. The molecule has 0 saturated carbocycles. The van der Waals surface area contributed by atoms with E-state index in [1.54, 1.807) is 0 Å². The standard InChI is InChI=1S/C15H22OSi/c1-13-7-2-3-8-14(13)9-6-12-17-15-10-4-5-11-16-15/h2-3,7-8,15H,4-6,9-12H2,1H3. The van der Waals surface area contributed by atoms with E-state index in [1.165, 1.54) is 49.3 Å². The third-order valence-electron chi connectivity index (χ3n) is 3.44. The predicted octanol–water partition coefficient (Wildman–Crippen LogP) is 3.58. The second kappa shape index (κ2) is 6.97. The zero-order valence-electron chi connectivity index (χ0n) is 10.7. The van der Waals surface area contributed by atoms with Crippen molar-refractivity contribution in [3.63, 3.8) is 0 Å². The molecule has 2 heteroatoms. The van der Waals surface area contributed by atoms with Gasteiger partial charge in [0.1, 0.15) is 0 Å². The smallest absolute Gasteiger partial charge is 0.0778 e. The average Bonchev–Trinajstić information content (AvgIpc) is 2.38. The lowest BCUT2D eigenvalue weighted by Crippen LogP contribution is -2.25. The molecule has 1 fully saturated rings. The topological polar surface area (TPSA) is 9.23 Å². The molecular weight excluding hydrogens is 224 g/mol. The summed E-state index contributed by atoms with van der Waals surface area (Å²) in [4.78, 5) is 0. The van der Waals surface area contributed by atoms with Crippen LogP contribution in [0.1, 0.15) is 36.8 Å². The Labute approximate surface area is 107 Å². The van der Waals surface area contributed by atoms with E-state index >= 15 is 0 Å². The van der Waals surface area contributed by atoms with Crippen LogP contribution in [0.3, 0.4) is 0 Å². The summed E-state index contributed by atoms with van der Waals surface area (Å²) in [6, 6.07) is 10.1. The lowest BCUT2D eigenvalue weighted by atomic mass is 10.1. The number of benzene rings is 1. The number of hydrogen-bond acceptors (Lipinski definition) is 1. The van der Waals surface area contributed by atoms with E-state index in [0.717, 1.165) is 16.1 Å². The summed E-state index contributed by atoms with van der Waals surface area (Å²) in [6.07, 6.45) is 6.47. The molecule has 1 saturated heterocycles. The largest absolute Gasteiger partial charge is 0.382 e. The van der Waals surface area contributed by atoms with Gasteiger partial charge in [0.2, 0.25) is 0 Å². The number of hydrogen-bond donors (Lipinski definition) is 0. The minimum Gasteiger partial charge on any atom is -0.382 e. The fourth-order valence-electron chi connectivity index (χ4n) is 2.33. The second-order valence-corrected chi connectivity index (χ2v) is 6.39. The number of aryl methyl sites for hydroxylation is 2. The molecule has 0 aromatic heterocycles. The van der Waals surface area contributed by atoms with Gasteiger partial charge in [-0.2, -0.15) is 0 Å². The highest BCUT2D eigenvalue weighted by Gasteiger charge is 2.13. The van der Waals surface area contributed by atoms with E-state index in [1.807, 2.05) is 0 Å². The lowest BCUT2D eigenvalue weighted by molar-refractivity contribution is 0.0650. The van der Waals surface area contributed by atoms with Gasteiger partial charge >= 0.3 is 0 Å². The Hall–Kier alpha value is -0.603. The van der Waals surface area contributed by atoms with Crippen LogP contribution in [0.15, 0.2) is 24.3 Å². The van der Waals surface area contributed by atoms with Crippen molar-refractivity contribution in [3.05, 3.63) is 35.4 Å². The van der Waals surface area contributed by atoms with Gasteiger partial charge in [-0.3, -0.25) is 0 Å². The summed E-state index contributed by atoms with van der Waals surface area (Å²) in [6.45, 7) is 3.21. The van der Waals surface area contributed by atoms with E-state index in [-0.39, 0.29) is 0 Å². The summed E-state index contributed by atoms with van der Waals surface area (Å²) < 4.78 is 5.77. The summed E-state index contributed by atoms with van der Waals surface area (Å²) in [5, 5.41) is 0. The molecular formula is C15H22OSi. The van der Waals surface area contributed by atoms with Crippen LogP contribution in [0.4, 0.5) is 0 Å².